The van der Waals surface area contributed by atoms with Crippen LogP contribution in [0.5, 0.6) is 5.75 Å². The van der Waals surface area contributed by atoms with E-state index in [4.69, 9.17) is 0 Å². The number of para-hydroxylation sites is 1. The summed E-state index contributed by atoms with van der Waals surface area (Å²) >= 11 is 0. The third-order valence-corrected chi connectivity index (χ3v) is 4.32. The largest absolute Gasteiger partial charge is 0.573 e. The summed E-state index contributed by atoms with van der Waals surface area (Å²) in [6.45, 7) is 4.16. The Morgan fingerprint density at radius 2 is 1.95 bits per heavy atom. The lowest BCUT2D eigenvalue weighted by Gasteiger charge is -2.39. The third-order valence-electron chi connectivity index (χ3n) is 4.32. The Morgan fingerprint density at radius 1 is 1.29 bits per heavy atom. The minimum Gasteiger partial charge on any atom is -0.405 e. The molecule has 0 aromatic heterocycles. The Morgan fingerprint density at radius 3 is 2.57 bits per heavy atom. The van der Waals surface area contributed by atoms with Gasteiger partial charge in [0.1, 0.15) is 5.75 Å². The molecular formula is C16H21F3O2. The fraction of sp³-hybridized carbons (Fsp3) is 0.625. The van der Waals surface area contributed by atoms with Crippen molar-refractivity contribution in [1.82, 2.24) is 0 Å². The standard InChI is InChI=1S/C16H21F3O2/c1-11(2)12-6-5-9-15(20,10-12)13-7-3-4-8-14(13)21-16(17,18)19/h3-4,7-8,11-12,20H,5-6,9-10H2,1-2H3. The van der Waals surface area contributed by atoms with E-state index in [1.54, 1.807) is 6.07 Å². The Hall–Kier alpha value is -1.23. The van der Waals surface area contributed by atoms with E-state index in [1.807, 2.05) is 0 Å². The lowest BCUT2D eigenvalue weighted by Crippen LogP contribution is -2.35. The van der Waals surface area contributed by atoms with Crippen LogP contribution in [-0.2, 0) is 5.60 Å². The van der Waals surface area contributed by atoms with Crippen LogP contribution in [0.3, 0.4) is 0 Å². The number of benzene rings is 1. The molecule has 0 saturated heterocycles. The molecule has 2 unspecified atom stereocenters. The molecule has 1 aliphatic carbocycles. The van der Waals surface area contributed by atoms with Crippen LogP contribution in [0, 0.1) is 11.8 Å². The number of aliphatic hydroxyl groups is 1. The highest BCUT2D eigenvalue weighted by molar-refractivity contribution is 5.38. The van der Waals surface area contributed by atoms with Gasteiger partial charge < -0.3 is 9.84 Å². The number of ether oxygens (including phenoxy) is 1. The molecule has 0 radical (unpaired) electrons. The van der Waals surface area contributed by atoms with Crippen molar-refractivity contribution < 1.29 is 23.0 Å². The average molecular weight is 302 g/mol. The topological polar surface area (TPSA) is 29.5 Å². The van der Waals surface area contributed by atoms with Crippen molar-refractivity contribution in [2.75, 3.05) is 0 Å². The highest BCUT2D eigenvalue weighted by atomic mass is 19.4. The minimum absolute atomic E-state index is 0.243. The van der Waals surface area contributed by atoms with Gasteiger partial charge in [0.15, 0.2) is 0 Å². The van der Waals surface area contributed by atoms with Gasteiger partial charge in [0.05, 0.1) is 5.60 Å². The number of halogens is 3. The molecule has 0 bridgehead atoms. The SMILES string of the molecule is CC(C)C1CCCC(O)(c2ccccc2OC(F)(F)F)C1. The first-order valence-corrected chi connectivity index (χ1v) is 7.29. The molecule has 21 heavy (non-hydrogen) atoms. The first-order chi connectivity index (χ1) is 9.71. The van der Waals surface area contributed by atoms with E-state index in [2.05, 4.69) is 18.6 Å². The van der Waals surface area contributed by atoms with Crippen molar-refractivity contribution in [1.29, 1.82) is 0 Å². The molecule has 0 amide bonds. The monoisotopic (exact) mass is 302 g/mol. The van der Waals surface area contributed by atoms with Crippen LogP contribution in [0.1, 0.15) is 45.1 Å². The van der Waals surface area contributed by atoms with E-state index in [1.165, 1.54) is 18.2 Å². The molecule has 1 fully saturated rings. The molecular weight excluding hydrogens is 281 g/mol. The van der Waals surface area contributed by atoms with Gasteiger partial charge in [-0.25, -0.2) is 0 Å². The van der Waals surface area contributed by atoms with Crippen LogP contribution in [0.25, 0.3) is 0 Å². The second-order valence-electron chi connectivity index (χ2n) is 6.18. The van der Waals surface area contributed by atoms with Crippen LogP contribution < -0.4 is 4.74 Å². The Balaban J connectivity index is 2.31. The summed E-state index contributed by atoms with van der Waals surface area (Å²) in [5, 5.41) is 10.9. The van der Waals surface area contributed by atoms with Crippen molar-refractivity contribution in [2.24, 2.45) is 11.8 Å². The van der Waals surface area contributed by atoms with E-state index >= 15 is 0 Å². The molecule has 1 N–H and O–H groups in total. The zero-order valence-electron chi connectivity index (χ0n) is 12.3. The zero-order valence-corrected chi connectivity index (χ0v) is 12.3. The van der Waals surface area contributed by atoms with Crippen LogP contribution in [0.2, 0.25) is 0 Å². The van der Waals surface area contributed by atoms with Gasteiger partial charge in [-0.3, -0.25) is 0 Å². The maximum atomic E-state index is 12.5. The first-order valence-electron chi connectivity index (χ1n) is 7.29. The highest BCUT2D eigenvalue weighted by Gasteiger charge is 2.41. The summed E-state index contributed by atoms with van der Waals surface area (Å²) in [6.07, 6.45) is -2.00. The Kier molecular flexibility index (Phi) is 4.51. The number of hydrogen-bond donors (Lipinski definition) is 1. The summed E-state index contributed by atoms with van der Waals surface area (Å²) in [7, 11) is 0. The molecule has 2 nitrogen and oxygen atoms in total. The average Bonchev–Trinajstić information content (AvgIpc) is 2.37. The van der Waals surface area contributed by atoms with Gasteiger partial charge in [-0.15, -0.1) is 13.2 Å². The fourth-order valence-corrected chi connectivity index (χ4v) is 3.17. The Bertz CT molecular complexity index is 485. The van der Waals surface area contributed by atoms with E-state index in [9.17, 15) is 18.3 Å². The zero-order chi connectivity index (χ0) is 15.7. The molecule has 0 spiro atoms. The molecule has 5 heteroatoms. The number of rotatable bonds is 3. The van der Waals surface area contributed by atoms with Crippen molar-refractivity contribution in [3.05, 3.63) is 29.8 Å². The normalized spacial score (nSPS) is 26.9. The molecule has 1 aromatic carbocycles. The van der Waals surface area contributed by atoms with Gasteiger partial charge in [0.25, 0.3) is 0 Å². The summed E-state index contributed by atoms with van der Waals surface area (Å²) < 4.78 is 41.6. The third kappa shape index (κ3) is 3.90. The van der Waals surface area contributed by atoms with Gasteiger partial charge in [-0.1, -0.05) is 32.0 Å². The van der Waals surface area contributed by atoms with Crippen molar-refractivity contribution in [3.8, 4) is 5.75 Å². The van der Waals surface area contributed by atoms with Gasteiger partial charge in [-0.2, -0.15) is 0 Å². The smallest absolute Gasteiger partial charge is 0.405 e. The van der Waals surface area contributed by atoms with E-state index in [0.717, 1.165) is 12.8 Å². The maximum absolute atomic E-state index is 12.5. The lowest BCUT2D eigenvalue weighted by atomic mass is 9.71. The molecule has 0 heterocycles. The molecule has 118 valence electrons. The van der Waals surface area contributed by atoms with Crippen LogP contribution >= 0.6 is 0 Å². The van der Waals surface area contributed by atoms with E-state index in [0.29, 0.717) is 24.7 Å². The molecule has 1 aromatic rings. The summed E-state index contributed by atoms with van der Waals surface area (Å²) in [5.41, 5.74) is -0.998. The predicted molar refractivity (Wildman–Crippen MR) is 73.8 cm³/mol. The summed E-state index contributed by atoms with van der Waals surface area (Å²) in [4.78, 5) is 0. The predicted octanol–water partition coefficient (Wildman–Crippen LogP) is 4.62. The fourth-order valence-electron chi connectivity index (χ4n) is 3.17. The molecule has 1 saturated carbocycles. The quantitative estimate of drug-likeness (QED) is 0.883. The second kappa shape index (κ2) is 5.87. The molecule has 2 atom stereocenters. The molecule has 1 aliphatic rings. The van der Waals surface area contributed by atoms with Crippen molar-refractivity contribution in [3.63, 3.8) is 0 Å². The van der Waals surface area contributed by atoms with Crippen LogP contribution in [0.4, 0.5) is 13.2 Å². The lowest BCUT2D eigenvalue weighted by molar-refractivity contribution is -0.275. The first kappa shape index (κ1) is 16.1. The second-order valence-corrected chi connectivity index (χ2v) is 6.18. The van der Waals surface area contributed by atoms with Crippen molar-refractivity contribution in [2.45, 2.75) is 51.5 Å². The Labute approximate surface area is 122 Å². The molecule has 0 aliphatic heterocycles. The van der Waals surface area contributed by atoms with E-state index in [-0.39, 0.29) is 11.3 Å². The highest BCUT2D eigenvalue weighted by Crippen LogP contribution is 2.45. The molecule has 2 rings (SSSR count). The van der Waals surface area contributed by atoms with Gasteiger partial charge in [0, 0.05) is 5.56 Å². The van der Waals surface area contributed by atoms with E-state index < -0.39 is 12.0 Å². The van der Waals surface area contributed by atoms with Gasteiger partial charge >= 0.3 is 6.36 Å². The number of alkyl halides is 3. The van der Waals surface area contributed by atoms with Crippen LogP contribution in [-0.4, -0.2) is 11.5 Å². The minimum atomic E-state index is -4.75. The van der Waals surface area contributed by atoms with Crippen LogP contribution in [0.15, 0.2) is 24.3 Å². The van der Waals surface area contributed by atoms with Gasteiger partial charge in [-0.05, 0) is 43.6 Å². The summed E-state index contributed by atoms with van der Waals surface area (Å²) in [5.74, 6) is 0.409. The van der Waals surface area contributed by atoms with Gasteiger partial charge in [0.2, 0.25) is 0 Å². The maximum Gasteiger partial charge on any atom is 0.573 e. The summed E-state index contributed by atoms with van der Waals surface area (Å²) in [6, 6.07) is 5.91. The van der Waals surface area contributed by atoms with Crippen molar-refractivity contribution >= 4 is 0 Å². The number of hydrogen-bond acceptors (Lipinski definition) is 2.